The Hall–Kier alpha value is -2.17. The summed E-state index contributed by atoms with van der Waals surface area (Å²) >= 11 is 0. The Morgan fingerprint density at radius 2 is 1.85 bits per heavy atom. The van der Waals surface area contributed by atoms with Crippen LogP contribution in [-0.4, -0.2) is 42.5 Å². The molecule has 2 aromatic carbocycles. The van der Waals surface area contributed by atoms with Gasteiger partial charge in [-0.2, -0.15) is 0 Å². The number of hydrogen-bond donors (Lipinski definition) is 1. The fraction of sp³-hybridized carbons (Fsp3) is 0.435. The van der Waals surface area contributed by atoms with Crippen LogP contribution in [0.5, 0.6) is 5.75 Å². The SMILES string of the molecule is COc1cccc2c1CCC(CN1CCC(O)(c3ccccc3)CC1)C2=O. The second kappa shape index (κ2) is 7.45. The van der Waals surface area contributed by atoms with Gasteiger partial charge < -0.3 is 14.7 Å². The molecule has 142 valence electrons. The molecule has 4 rings (SSSR count). The molecule has 27 heavy (non-hydrogen) atoms. The molecule has 1 unspecified atom stereocenters. The highest BCUT2D eigenvalue weighted by Crippen LogP contribution is 2.35. The molecule has 1 saturated heterocycles. The maximum atomic E-state index is 13.0. The van der Waals surface area contributed by atoms with E-state index in [0.29, 0.717) is 12.8 Å². The molecule has 0 radical (unpaired) electrons. The fourth-order valence-corrected chi connectivity index (χ4v) is 4.54. The number of piperidine rings is 1. The number of Topliss-reactive ketones (excluding diaryl/α,β-unsaturated/α-hetero) is 1. The molecule has 1 aliphatic carbocycles. The monoisotopic (exact) mass is 365 g/mol. The molecule has 0 amide bonds. The Morgan fingerprint density at radius 3 is 2.56 bits per heavy atom. The van der Waals surface area contributed by atoms with Gasteiger partial charge in [-0.25, -0.2) is 0 Å². The number of ether oxygens (including phenoxy) is 1. The van der Waals surface area contributed by atoms with Crippen molar-refractivity contribution in [2.24, 2.45) is 5.92 Å². The van der Waals surface area contributed by atoms with Gasteiger partial charge in [0.15, 0.2) is 5.78 Å². The quantitative estimate of drug-likeness (QED) is 0.902. The van der Waals surface area contributed by atoms with E-state index < -0.39 is 5.60 Å². The summed E-state index contributed by atoms with van der Waals surface area (Å²) in [7, 11) is 1.66. The largest absolute Gasteiger partial charge is 0.496 e. The Labute approximate surface area is 160 Å². The van der Waals surface area contributed by atoms with Crippen LogP contribution in [0.25, 0.3) is 0 Å². The molecule has 2 aliphatic rings. The topological polar surface area (TPSA) is 49.8 Å². The maximum absolute atomic E-state index is 13.0. The van der Waals surface area contributed by atoms with E-state index in [1.807, 2.05) is 48.5 Å². The van der Waals surface area contributed by atoms with Gasteiger partial charge in [0, 0.05) is 36.7 Å². The molecular formula is C23H27NO3. The third kappa shape index (κ3) is 3.52. The number of ketones is 1. The van der Waals surface area contributed by atoms with Gasteiger partial charge in [0.2, 0.25) is 0 Å². The van der Waals surface area contributed by atoms with Crippen LogP contribution in [0, 0.1) is 5.92 Å². The summed E-state index contributed by atoms with van der Waals surface area (Å²) in [6.07, 6.45) is 3.17. The Bertz CT molecular complexity index is 810. The number of hydrogen-bond acceptors (Lipinski definition) is 4. The van der Waals surface area contributed by atoms with Crippen LogP contribution in [-0.2, 0) is 12.0 Å². The average molecular weight is 365 g/mol. The van der Waals surface area contributed by atoms with Crippen LogP contribution in [0.4, 0.5) is 0 Å². The number of fused-ring (bicyclic) bond motifs is 1. The second-order valence-corrected chi connectivity index (χ2v) is 7.78. The van der Waals surface area contributed by atoms with Crippen molar-refractivity contribution in [1.29, 1.82) is 0 Å². The average Bonchev–Trinajstić information content (AvgIpc) is 2.72. The van der Waals surface area contributed by atoms with Gasteiger partial charge in [0.1, 0.15) is 5.75 Å². The van der Waals surface area contributed by atoms with E-state index in [-0.39, 0.29) is 11.7 Å². The maximum Gasteiger partial charge on any atom is 0.167 e. The van der Waals surface area contributed by atoms with Gasteiger partial charge in [0.05, 0.1) is 12.7 Å². The van der Waals surface area contributed by atoms with Crippen LogP contribution >= 0.6 is 0 Å². The van der Waals surface area contributed by atoms with Crippen molar-refractivity contribution in [3.05, 3.63) is 65.2 Å². The highest BCUT2D eigenvalue weighted by atomic mass is 16.5. The van der Waals surface area contributed by atoms with Crippen LogP contribution in [0.15, 0.2) is 48.5 Å². The van der Waals surface area contributed by atoms with Crippen LogP contribution in [0.1, 0.15) is 40.7 Å². The van der Waals surface area contributed by atoms with E-state index in [0.717, 1.165) is 54.9 Å². The summed E-state index contributed by atoms with van der Waals surface area (Å²) in [5, 5.41) is 11.0. The Morgan fingerprint density at radius 1 is 1.11 bits per heavy atom. The van der Waals surface area contributed by atoms with E-state index in [2.05, 4.69) is 4.90 Å². The summed E-state index contributed by atoms with van der Waals surface area (Å²) < 4.78 is 5.42. The first kappa shape index (κ1) is 18.2. The van der Waals surface area contributed by atoms with E-state index in [1.165, 1.54) is 0 Å². The first-order valence-corrected chi connectivity index (χ1v) is 9.81. The van der Waals surface area contributed by atoms with Crippen LogP contribution in [0.3, 0.4) is 0 Å². The molecule has 4 nitrogen and oxygen atoms in total. The highest BCUT2D eigenvalue weighted by molar-refractivity contribution is 6.01. The van der Waals surface area contributed by atoms with Crippen molar-refractivity contribution in [1.82, 2.24) is 4.90 Å². The fourth-order valence-electron chi connectivity index (χ4n) is 4.54. The smallest absolute Gasteiger partial charge is 0.167 e. The Kier molecular flexibility index (Phi) is 5.02. The van der Waals surface area contributed by atoms with Crippen molar-refractivity contribution in [3.63, 3.8) is 0 Å². The normalized spacial score (nSPS) is 22.3. The number of carbonyl (C=O) groups is 1. The van der Waals surface area contributed by atoms with Gasteiger partial charge in [0.25, 0.3) is 0 Å². The summed E-state index contributed by atoms with van der Waals surface area (Å²) in [5.41, 5.74) is 2.13. The summed E-state index contributed by atoms with van der Waals surface area (Å²) in [4.78, 5) is 15.3. The lowest BCUT2D eigenvalue weighted by Gasteiger charge is -2.40. The first-order valence-electron chi connectivity index (χ1n) is 9.81. The summed E-state index contributed by atoms with van der Waals surface area (Å²) in [6, 6.07) is 15.7. The highest BCUT2D eigenvalue weighted by Gasteiger charge is 2.36. The zero-order valence-electron chi connectivity index (χ0n) is 15.9. The minimum absolute atomic E-state index is 0.0347. The van der Waals surface area contributed by atoms with Crippen LogP contribution in [0.2, 0.25) is 0 Å². The standard InChI is InChI=1S/C23H27NO3/c1-27-21-9-5-8-20-19(21)11-10-17(22(20)25)16-24-14-12-23(26,13-15-24)18-6-3-2-4-7-18/h2-9,17,26H,10-16H2,1H3. The summed E-state index contributed by atoms with van der Waals surface area (Å²) in [6.45, 7) is 2.42. The van der Waals surface area contributed by atoms with E-state index in [1.54, 1.807) is 7.11 Å². The molecule has 0 saturated carbocycles. The van der Waals surface area contributed by atoms with Crippen molar-refractivity contribution in [3.8, 4) is 5.75 Å². The Balaban J connectivity index is 1.40. The van der Waals surface area contributed by atoms with Crippen molar-refractivity contribution < 1.29 is 14.6 Å². The molecule has 0 bridgehead atoms. The van der Waals surface area contributed by atoms with Gasteiger partial charge in [-0.1, -0.05) is 42.5 Å². The molecular weight excluding hydrogens is 338 g/mol. The third-order valence-electron chi connectivity index (χ3n) is 6.20. The molecule has 1 atom stereocenters. The number of nitrogens with zero attached hydrogens (tertiary/aromatic N) is 1. The summed E-state index contributed by atoms with van der Waals surface area (Å²) in [5.74, 6) is 1.09. The molecule has 2 aromatic rings. The van der Waals surface area contributed by atoms with Gasteiger partial charge >= 0.3 is 0 Å². The molecule has 1 heterocycles. The number of methoxy groups -OCH3 is 1. The van der Waals surface area contributed by atoms with Crippen molar-refractivity contribution >= 4 is 5.78 Å². The van der Waals surface area contributed by atoms with Crippen LogP contribution < -0.4 is 4.74 Å². The molecule has 0 spiro atoms. The zero-order valence-corrected chi connectivity index (χ0v) is 15.9. The predicted molar refractivity (Wildman–Crippen MR) is 105 cm³/mol. The molecule has 0 aromatic heterocycles. The number of benzene rings is 2. The number of likely N-dealkylation sites (tertiary alicyclic amines) is 1. The molecule has 1 N–H and O–H groups in total. The van der Waals surface area contributed by atoms with Crippen molar-refractivity contribution in [2.45, 2.75) is 31.3 Å². The predicted octanol–water partition coefficient (Wildman–Crippen LogP) is 3.42. The minimum Gasteiger partial charge on any atom is -0.496 e. The minimum atomic E-state index is -0.742. The second-order valence-electron chi connectivity index (χ2n) is 7.78. The number of rotatable bonds is 4. The van der Waals surface area contributed by atoms with Gasteiger partial charge in [-0.3, -0.25) is 4.79 Å². The van der Waals surface area contributed by atoms with Gasteiger partial charge in [-0.15, -0.1) is 0 Å². The first-order chi connectivity index (χ1) is 13.1. The molecule has 1 fully saturated rings. The van der Waals surface area contributed by atoms with E-state index in [4.69, 9.17) is 4.74 Å². The lowest BCUT2D eigenvalue weighted by molar-refractivity contribution is -0.0283. The third-order valence-corrected chi connectivity index (χ3v) is 6.20. The molecule has 1 aliphatic heterocycles. The number of aliphatic hydroxyl groups is 1. The van der Waals surface area contributed by atoms with Crippen molar-refractivity contribution in [2.75, 3.05) is 26.7 Å². The zero-order chi connectivity index (χ0) is 18.9. The lowest BCUT2D eigenvalue weighted by atomic mass is 9.80. The molecule has 4 heteroatoms. The van der Waals surface area contributed by atoms with E-state index >= 15 is 0 Å². The number of carbonyl (C=O) groups excluding carboxylic acids is 1. The van der Waals surface area contributed by atoms with Gasteiger partial charge in [-0.05, 0) is 37.3 Å². The van der Waals surface area contributed by atoms with E-state index in [9.17, 15) is 9.90 Å². The lowest BCUT2D eigenvalue weighted by Crippen LogP contribution is -2.45.